The van der Waals surface area contributed by atoms with Crippen LogP contribution < -0.4 is 5.73 Å². The molecule has 2 N–H and O–H groups in total. The van der Waals surface area contributed by atoms with Crippen molar-refractivity contribution in [3.8, 4) is 0 Å². The Morgan fingerprint density at radius 2 is 2.07 bits per heavy atom. The van der Waals surface area contributed by atoms with Crippen molar-refractivity contribution in [2.24, 2.45) is 5.73 Å². The SMILES string of the molecule is NC(c1csc(I)c1)c1ccccc1F. The third-order valence-electron chi connectivity index (χ3n) is 2.19. The average Bonchev–Trinajstić information content (AvgIpc) is 2.65. The van der Waals surface area contributed by atoms with Gasteiger partial charge in [0.25, 0.3) is 0 Å². The molecule has 1 atom stereocenters. The maximum atomic E-state index is 13.5. The normalized spacial score (nSPS) is 12.7. The highest BCUT2D eigenvalue weighted by Crippen LogP contribution is 2.26. The topological polar surface area (TPSA) is 26.0 Å². The Balaban J connectivity index is 2.36. The van der Waals surface area contributed by atoms with Gasteiger partial charge in [-0.3, -0.25) is 0 Å². The molecule has 0 bridgehead atoms. The fourth-order valence-electron chi connectivity index (χ4n) is 1.39. The molecule has 0 fully saturated rings. The van der Waals surface area contributed by atoms with Gasteiger partial charge in [-0.1, -0.05) is 18.2 Å². The van der Waals surface area contributed by atoms with E-state index in [0.717, 1.165) is 8.45 Å². The first kappa shape index (κ1) is 11.0. The fraction of sp³-hybridized carbons (Fsp3) is 0.0909. The maximum Gasteiger partial charge on any atom is 0.128 e. The van der Waals surface area contributed by atoms with Crippen molar-refractivity contribution in [2.45, 2.75) is 6.04 Å². The molecule has 1 aromatic carbocycles. The average molecular weight is 333 g/mol. The summed E-state index contributed by atoms with van der Waals surface area (Å²) >= 11 is 3.85. The lowest BCUT2D eigenvalue weighted by Gasteiger charge is -2.10. The number of rotatable bonds is 2. The maximum absolute atomic E-state index is 13.5. The number of hydrogen-bond acceptors (Lipinski definition) is 2. The lowest BCUT2D eigenvalue weighted by atomic mass is 10.0. The van der Waals surface area contributed by atoms with Crippen LogP contribution in [0.5, 0.6) is 0 Å². The van der Waals surface area contributed by atoms with E-state index in [1.165, 1.54) is 6.07 Å². The van der Waals surface area contributed by atoms with Gasteiger partial charge in [-0.15, -0.1) is 11.3 Å². The van der Waals surface area contributed by atoms with E-state index in [1.807, 2.05) is 11.4 Å². The zero-order valence-electron chi connectivity index (χ0n) is 7.78. The molecule has 0 aliphatic rings. The molecule has 0 radical (unpaired) electrons. The van der Waals surface area contributed by atoms with E-state index in [1.54, 1.807) is 29.5 Å². The largest absolute Gasteiger partial charge is 0.320 e. The van der Waals surface area contributed by atoms with Gasteiger partial charge in [-0.05, 0) is 45.7 Å². The second kappa shape index (κ2) is 4.59. The number of benzene rings is 1. The monoisotopic (exact) mass is 333 g/mol. The van der Waals surface area contributed by atoms with Gasteiger partial charge in [0, 0.05) is 5.56 Å². The van der Waals surface area contributed by atoms with Crippen LogP contribution in [0.2, 0.25) is 0 Å². The van der Waals surface area contributed by atoms with Crippen LogP contribution in [-0.2, 0) is 0 Å². The lowest BCUT2D eigenvalue weighted by molar-refractivity contribution is 0.600. The van der Waals surface area contributed by atoms with Crippen molar-refractivity contribution in [3.05, 3.63) is 55.5 Å². The summed E-state index contributed by atoms with van der Waals surface area (Å²) in [4.78, 5) is 0. The third kappa shape index (κ3) is 2.38. The van der Waals surface area contributed by atoms with Crippen molar-refractivity contribution in [3.63, 3.8) is 0 Å². The van der Waals surface area contributed by atoms with Gasteiger partial charge in [0.1, 0.15) is 5.82 Å². The van der Waals surface area contributed by atoms with E-state index in [0.29, 0.717) is 5.56 Å². The standard InChI is InChI=1S/C11H9FINS/c12-9-4-2-1-3-8(9)11(14)7-5-10(13)15-6-7/h1-6,11H,14H2. The van der Waals surface area contributed by atoms with Gasteiger partial charge in [0.15, 0.2) is 0 Å². The number of hydrogen-bond donors (Lipinski definition) is 1. The fourth-order valence-corrected chi connectivity index (χ4v) is 2.80. The molecule has 0 aliphatic carbocycles. The predicted octanol–water partition coefficient (Wildman–Crippen LogP) is 3.54. The van der Waals surface area contributed by atoms with Crippen LogP contribution in [0.1, 0.15) is 17.2 Å². The Hall–Kier alpha value is -0.460. The Labute approximate surface area is 105 Å². The molecule has 0 saturated carbocycles. The number of halogens is 2. The van der Waals surface area contributed by atoms with Crippen LogP contribution in [0.25, 0.3) is 0 Å². The summed E-state index contributed by atoms with van der Waals surface area (Å²) in [5, 5.41) is 1.97. The van der Waals surface area contributed by atoms with Gasteiger partial charge < -0.3 is 5.73 Å². The quantitative estimate of drug-likeness (QED) is 0.836. The molecule has 2 aromatic rings. The Kier molecular flexibility index (Phi) is 3.38. The Morgan fingerprint density at radius 1 is 1.33 bits per heavy atom. The van der Waals surface area contributed by atoms with E-state index in [2.05, 4.69) is 22.6 Å². The molecular formula is C11H9FINS. The van der Waals surface area contributed by atoms with Gasteiger partial charge >= 0.3 is 0 Å². The van der Waals surface area contributed by atoms with E-state index in [9.17, 15) is 4.39 Å². The molecule has 0 aliphatic heterocycles. The molecule has 0 amide bonds. The molecule has 1 aromatic heterocycles. The smallest absolute Gasteiger partial charge is 0.128 e. The summed E-state index contributed by atoms with van der Waals surface area (Å²) in [6, 6.07) is 8.25. The van der Waals surface area contributed by atoms with Crippen LogP contribution in [0.3, 0.4) is 0 Å². The second-order valence-electron chi connectivity index (χ2n) is 3.18. The van der Waals surface area contributed by atoms with E-state index in [4.69, 9.17) is 5.73 Å². The Bertz CT molecular complexity index is 469. The van der Waals surface area contributed by atoms with Gasteiger partial charge in [0.05, 0.1) is 8.93 Å². The van der Waals surface area contributed by atoms with Crippen LogP contribution in [0, 0.1) is 8.70 Å². The Morgan fingerprint density at radius 3 is 2.67 bits per heavy atom. The first-order valence-electron chi connectivity index (χ1n) is 4.42. The van der Waals surface area contributed by atoms with Crippen molar-refractivity contribution in [2.75, 3.05) is 0 Å². The summed E-state index contributed by atoms with van der Waals surface area (Å²) < 4.78 is 14.6. The molecule has 1 unspecified atom stereocenters. The third-order valence-corrected chi connectivity index (χ3v) is 3.99. The molecule has 0 saturated heterocycles. The summed E-state index contributed by atoms with van der Waals surface area (Å²) in [6.45, 7) is 0. The van der Waals surface area contributed by atoms with Gasteiger partial charge in [-0.25, -0.2) is 4.39 Å². The minimum absolute atomic E-state index is 0.244. The van der Waals surface area contributed by atoms with Gasteiger partial charge in [0.2, 0.25) is 0 Å². The van der Waals surface area contributed by atoms with Crippen molar-refractivity contribution in [1.29, 1.82) is 0 Å². The molecule has 1 nitrogen and oxygen atoms in total. The van der Waals surface area contributed by atoms with E-state index < -0.39 is 0 Å². The highest BCUT2D eigenvalue weighted by molar-refractivity contribution is 14.1. The summed E-state index contributed by atoms with van der Waals surface area (Å²) in [7, 11) is 0. The van der Waals surface area contributed by atoms with Crippen LogP contribution >= 0.6 is 33.9 Å². The summed E-state index contributed by atoms with van der Waals surface area (Å²) in [5.41, 5.74) is 7.51. The highest BCUT2D eigenvalue weighted by atomic mass is 127. The summed E-state index contributed by atoms with van der Waals surface area (Å²) in [5.74, 6) is -0.244. The number of thiophene rings is 1. The second-order valence-corrected chi connectivity index (χ2v) is 5.99. The highest BCUT2D eigenvalue weighted by Gasteiger charge is 2.13. The first-order valence-corrected chi connectivity index (χ1v) is 6.38. The molecular weight excluding hydrogens is 324 g/mol. The van der Waals surface area contributed by atoms with Crippen LogP contribution in [-0.4, -0.2) is 0 Å². The lowest BCUT2D eigenvalue weighted by Crippen LogP contribution is -2.12. The van der Waals surface area contributed by atoms with E-state index in [-0.39, 0.29) is 11.9 Å². The molecule has 15 heavy (non-hydrogen) atoms. The minimum Gasteiger partial charge on any atom is -0.320 e. The predicted molar refractivity (Wildman–Crippen MR) is 69.5 cm³/mol. The van der Waals surface area contributed by atoms with Crippen molar-refractivity contribution >= 4 is 33.9 Å². The minimum atomic E-state index is -0.369. The van der Waals surface area contributed by atoms with Crippen LogP contribution in [0.4, 0.5) is 4.39 Å². The molecule has 2 rings (SSSR count). The van der Waals surface area contributed by atoms with Crippen molar-refractivity contribution in [1.82, 2.24) is 0 Å². The van der Waals surface area contributed by atoms with Crippen molar-refractivity contribution < 1.29 is 4.39 Å². The number of nitrogens with two attached hydrogens (primary N) is 1. The van der Waals surface area contributed by atoms with E-state index >= 15 is 0 Å². The first-order chi connectivity index (χ1) is 7.18. The molecule has 78 valence electrons. The van der Waals surface area contributed by atoms with Crippen LogP contribution in [0.15, 0.2) is 35.7 Å². The molecule has 1 heterocycles. The van der Waals surface area contributed by atoms with Gasteiger partial charge in [-0.2, -0.15) is 0 Å². The summed E-state index contributed by atoms with van der Waals surface area (Å²) in [6.07, 6.45) is 0. The molecule has 0 spiro atoms. The molecule has 4 heteroatoms. The zero-order chi connectivity index (χ0) is 10.8. The zero-order valence-corrected chi connectivity index (χ0v) is 10.8.